The van der Waals surface area contributed by atoms with E-state index in [1.54, 1.807) is 6.92 Å². The second-order valence-corrected chi connectivity index (χ2v) is 16.0. The fourth-order valence-corrected chi connectivity index (χ4v) is 8.98. The van der Waals surface area contributed by atoms with Crippen LogP contribution in [0.1, 0.15) is 58.9 Å². The summed E-state index contributed by atoms with van der Waals surface area (Å²) in [6.07, 6.45) is 8.07. The van der Waals surface area contributed by atoms with Crippen molar-refractivity contribution >= 4 is 51.5 Å². The van der Waals surface area contributed by atoms with E-state index in [4.69, 9.17) is 10.5 Å². The van der Waals surface area contributed by atoms with E-state index < -0.39 is 43.1 Å². The van der Waals surface area contributed by atoms with Crippen LogP contribution in [0.25, 0.3) is 0 Å². The number of benzene rings is 1. The van der Waals surface area contributed by atoms with E-state index in [1.165, 1.54) is 0 Å². The van der Waals surface area contributed by atoms with Crippen molar-refractivity contribution in [3.63, 3.8) is 0 Å². The highest BCUT2D eigenvalue weighted by molar-refractivity contribution is 7.95. The molecule has 0 bridgehead atoms. The normalized spacial score (nSPS) is 27.3. The van der Waals surface area contributed by atoms with Gasteiger partial charge in [0, 0.05) is 34.9 Å². The van der Waals surface area contributed by atoms with Crippen molar-refractivity contribution in [2.75, 3.05) is 18.8 Å². The van der Waals surface area contributed by atoms with Crippen LogP contribution in [-0.2, 0) is 39.1 Å². The van der Waals surface area contributed by atoms with E-state index >= 15 is 0 Å². The molecule has 17 heteroatoms. The van der Waals surface area contributed by atoms with Gasteiger partial charge in [0.2, 0.25) is 11.1 Å². The maximum absolute atomic E-state index is 13.5. The Morgan fingerprint density at radius 3 is 2.55 bits per heavy atom. The molecule has 1 amide bonds. The smallest absolute Gasteiger partial charge is 0.340 e. The van der Waals surface area contributed by atoms with Gasteiger partial charge in [-0.15, -0.1) is 8.67 Å². The number of hydrogen-bond donors (Lipinski definition) is 4. The number of hydrogen-bond acceptors (Lipinski definition) is 13. The third-order valence-corrected chi connectivity index (χ3v) is 12.0. The van der Waals surface area contributed by atoms with Crippen LogP contribution in [-0.4, -0.2) is 73.5 Å². The van der Waals surface area contributed by atoms with Gasteiger partial charge in [0.25, 0.3) is 10.1 Å². The largest absolute Gasteiger partial charge is 0.467 e. The molecule has 0 aromatic heterocycles. The number of amides is 1. The zero-order chi connectivity index (χ0) is 35.7. The Kier molecular flexibility index (Phi) is 11.3. The van der Waals surface area contributed by atoms with Gasteiger partial charge in [-0.3, -0.25) is 4.55 Å². The first-order valence-electron chi connectivity index (χ1n) is 15.6. The minimum atomic E-state index is -4.10. The van der Waals surface area contributed by atoms with Crippen molar-refractivity contribution in [3.8, 4) is 6.07 Å². The molecular weight excluding hydrogens is 699 g/mol. The van der Waals surface area contributed by atoms with Crippen molar-refractivity contribution in [2.45, 2.75) is 69.1 Å². The summed E-state index contributed by atoms with van der Waals surface area (Å²) in [6.45, 7) is 8.44. The molecule has 0 saturated carbocycles. The molecule has 4 atom stereocenters. The minimum absolute atomic E-state index is 0.147. The molecule has 49 heavy (non-hydrogen) atoms. The van der Waals surface area contributed by atoms with Gasteiger partial charge >= 0.3 is 11.8 Å². The first kappa shape index (κ1) is 37.4. The standard InChI is InChI=1S/C32H37N3O11S3/c1-5-20-8-9-21(29(20)28-19(2)23(17-33)30(36)35(31(28)37)18-27(35)48-46-44-39)10-13-26-32(3,4)24-16-22(47-45-43-38)11-12-25(24)34(26)14-6-7-15-49(40,41)42/h5,10-13,16,19,23,27H,6-9,14-15,18H2,1-4H3,(H2-,38,39,40,41,42)/p+2. The molecule has 1 saturated heterocycles. The Morgan fingerprint density at radius 2 is 1.90 bits per heavy atom. The Hall–Kier alpha value is -2.86. The van der Waals surface area contributed by atoms with Crippen molar-refractivity contribution in [2.24, 2.45) is 11.8 Å². The quantitative estimate of drug-likeness (QED) is 0.0251. The molecule has 3 heterocycles. The predicted octanol–water partition coefficient (Wildman–Crippen LogP) is 6.06. The van der Waals surface area contributed by atoms with Crippen molar-refractivity contribution in [3.05, 3.63) is 70.2 Å². The van der Waals surface area contributed by atoms with Gasteiger partial charge in [0.1, 0.15) is 18.6 Å². The Bertz CT molecular complexity index is 1830. The van der Waals surface area contributed by atoms with Crippen LogP contribution in [0.4, 0.5) is 5.69 Å². The molecule has 1 aromatic carbocycles. The van der Waals surface area contributed by atoms with Crippen LogP contribution in [0.15, 0.2) is 69.5 Å². The predicted molar refractivity (Wildman–Crippen MR) is 179 cm³/mol. The SMILES string of the molecule is CC=C1CCC(C=CC2=[N+](CCCCS(=O)(=O)O)c3ccc(SOOO)cc3C2(C)C)=C1C1=C(O)[N+]2(CC2SOOO)C(=O)C(C#N)C1C. The molecule has 1 aliphatic carbocycles. The van der Waals surface area contributed by atoms with E-state index in [1.807, 2.05) is 43.4 Å². The molecule has 0 radical (unpaired) electrons. The molecule has 3 aliphatic heterocycles. The topological polar surface area (TPSA) is 196 Å². The summed E-state index contributed by atoms with van der Waals surface area (Å²) >= 11 is 1.55. The summed E-state index contributed by atoms with van der Waals surface area (Å²) in [4.78, 5) is 14.2. The van der Waals surface area contributed by atoms with Crippen molar-refractivity contribution < 1.29 is 61.2 Å². The second-order valence-electron chi connectivity index (χ2n) is 12.8. The summed E-state index contributed by atoms with van der Waals surface area (Å²) in [6, 6.07) is 7.82. The van der Waals surface area contributed by atoms with Crippen LogP contribution in [0.2, 0.25) is 0 Å². The molecule has 4 unspecified atom stereocenters. The molecule has 1 fully saturated rings. The van der Waals surface area contributed by atoms with Crippen LogP contribution < -0.4 is 0 Å². The second kappa shape index (κ2) is 14.8. The highest BCUT2D eigenvalue weighted by atomic mass is 32.2. The summed E-state index contributed by atoms with van der Waals surface area (Å²) < 4.78 is 42.9. The average molecular weight is 738 g/mol. The third-order valence-electron chi connectivity index (χ3n) is 9.78. The molecular formula is C32H39N3O11S3+2. The Morgan fingerprint density at radius 1 is 1.16 bits per heavy atom. The lowest BCUT2D eigenvalue weighted by Crippen LogP contribution is -2.47. The maximum atomic E-state index is 13.5. The van der Waals surface area contributed by atoms with Gasteiger partial charge in [-0.05, 0) is 68.9 Å². The number of unbranched alkanes of at least 4 members (excludes halogenated alkanes) is 1. The summed E-state index contributed by atoms with van der Waals surface area (Å²) in [7, 11) is -4.10. The minimum Gasteiger partial charge on any atom is -0.467 e. The van der Waals surface area contributed by atoms with Crippen LogP contribution in [0.3, 0.4) is 0 Å². The summed E-state index contributed by atoms with van der Waals surface area (Å²) in [5.41, 5.74) is 5.46. The van der Waals surface area contributed by atoms with Gasteiger partial charge in [0.15, 0.2) is 18.2 Å². The van der Waals surface area contributed by atoms with Gasteiger partial charge in [-0.2, -0.15) is 22.7 Å². The number of quaternary nitrogens is 1. The summed E-state index contributed by atoms with van der Waals surface area (Å²) in [5.74, 6) is -2.56. The monoisotopic (exact) mass is 737 g/mol. The van der Waals surface area contributed by atoms with Crippen LogP contribution >= 0.6 is 24.1 Å². The number of carbonyl (C=O) groups excluding carboxylic acids is 1. The average Bonchev–Trinajstić information content (AvgIpc) is 3.59. The lowest BCUT2D eigenvalue weighted by Gasteiger charge is -2.31. The van der Waals surface area contributed by atoms with Crippen molar-refractivity contribution in [1.29, 1.82) is 5.26 Å². The van der Waals surface area contributed by atoms with E-state index in [0.29, 0.717) is 48.3 Å². The van der Waals surface area contributed by atoms with Gasteiger partial charge in [0.05, 0.1) is 34.9 Å². The van der Waals surface area contributed by atoms with E-state index in [2.05, 4.69) is 43.2 Å². The van der Waals surface area contributed by atoms with Gasteiger partial charge in [-0.1, -0.05) is 29.2 Å². The molecule has 264 valence electrons. The molecule has 5 rings (SSSR count). The molecule has 1 aromatic rings. The van der Waals surface area contributed by atoms with Crippen LogP contribution in [0.5, 0.6) is 0 Å². The lowest BCUT2D eigenvalue weighted by atomic mass is 9.78. The highest BCUT2D eigenvalue weighted by Gasteiger charge is 2.71. The van der Waals surface area contributed by atoms with E-state index in [-0.39, 0.29) is 24.6 Å². The number of carbonyl (C=O) groups is 1. The highest BCUT2D eigenvalue weighted by Crippen LogP contribution is 2.54. The molecule has 14 nitrogen and oxygen atoms in total. The molecule has 4 aliphatic rings. The molecule has 1 spiro atoms. The maximum Gasteiger partial charge on any atom is 0.340 e. The number of aliphatic hydroxyl groups is 1. The first-order valence-corrected chi connectivity index (χ1v) is 18.8. The van der Waals surface area contributed by atoms with E-state index in [9.17, 15) is 28.1 Å². The number of nitrogens with zero attached hydrogens (tertiary/aromatic N) is 3. The van der Waals surface area contributed by atoms with Gasteiger partial charge < -0.3 is 5.11 Å². The van der Waals surface area contributed by atoms with Gasteiger partial charge in [-0.25, -0.2) is 15.3 Å². The third kappa shape index (κ3) is 7.05. The zero-order valence-corrected chi connectivity index (χ0v) is 29.8. The first-order chi connectivity index (χ1) is 23.3. The van der Waals surface area contributed by atoms with Crippen molar-refractivity contribution in [1.82, 2.24) is 0 Å². The molecule has 4 N–H and O–H groups in total. The van der Waals surface area contributed by atoms with Crippen LogP contribution in [0, 0.1) is 23.2 Å². The van der Waals surface area contributed by atoms with E-state index in [0.717, 1.165) is 45.7 Å². The number of aliphatic hydroxyl groups excluding tert-OH is 1. The fourth-order valence-electron chi connectivity index (χ4n) is 7.24. The summed E-state index contributed by atoms with van der Waals surface area (Å²) in [5, 5.41) is 46.2. The Labute approximate surface area is 293 Å². The number of fused-ring (bicyclic) bond motifs is 1. The number of allylic oxidation sites excluding steroid dienone is 7. The zero-order valence-electron chi connectivity index (χ0n) is 27.4. The fraction of sp³-hybridized carbons (Fsp3) is 0.469. The number of nitriles is 1. The lowest BCUT2D eigenvalue weighted by molar-refractivity contribution is -0.707. The number of rotatable bonds is 14. The Balaban J connectivity index is 1.60.